The lowest BCUT2D eigenvalue weighted by atomic mass is 10.1. The molecule has 5 heterocycles. The molecule has 12 heteroatoms. The third-order valence-electron chi connectivity index (χ3n) is 8.43. The largest absolute Gasteiger partial charge is 0.497 e. The van der Waals surface area contributed by atoms with E-state index >= 15 is 0 Å². The molecule has 2 fully saturated rings. The number of rotatable bonds is 8. The number of aromatic nitrogens is 2. The number of ether oxygens (including phenoxy) is 3. The number of thiocarbonyl (C=S) groups is 1. The van der Waals surface area contributed by atoms with Crippen LogP contribution in [0.5, 0.6) is 17.2 Å². The van der Waals surface area contributed by atoms with Crippen molar-refractivity contribution in [2.24, 2.45) is 0 Å². The van der Waals surface area contributed by atoms with Gasteiger partial charge >= 0.3 is 0 Å². The quantitative estimate of drug-likeness (QED) is 0.200. The standard InChI is InChI=1S/C34H33N5O5S2/c1-22-3-10-30-35-31(37-15-13-36(14-16-37)20-24-6-9-27-28(17-24)44-21-43-27)26(32(40)39(30)19-22)18-29-33(41)38(34(45)46-29)12-11-23-4-7-25(42-2)8-5-23/h3-10,17-19H,11-16,20-21H2,1-2H3. The van der Waals surface area contributed by atoms with E-state index in [1.807, 2.05) is 55.5 Å². The molecule has 0 radical (unpaired) electrons. The van der Waals surface area contributed by atoms with Gasteiger partial charge in [-0.05, 0) is 66.4 Å². The maximum Gasteiger partial charge on any atom is 0.267 e. The first-order valence-electron chi connectivity index (χ1n) is 15.1. The van der Waals surface area contributed by atoms with Gasteiger partial charge in [0.2, 0.25) is 6.79 Å². The fourth-order valence-corrected chi connectivity index (χ4v) is 7.18. The Kier molecular flexibility index (Phi) is 8.41. The third kappa shape index (κ3) is 6.07. The van der Waals surface area contributed by atoms with Crippen LogP contribution in [0.15, 0.2) is 70.5 Å². The number of benzene rings is 2. The zero-order valence-corrected chi connectivity index (χ0v) is 27.2. The van der Waals surface area contributed by atoms with E-state index in [9.17, 15) is 9.59 Å². The maximum atomic E-state index is 14.0. The van der Waals surface area contributed by atoms with E-state index in [0.717, 1.165) is 53.6 Å². The Morgan fingerprint density at radius 2 is 1.74 bits per heavy atom. The van der Waals surface area contributed by atoms with Crippen molar-refractivity contribution in [1.29, 1.82) is 0 Å². The highest BCUT2D eigenvalue weighted by Gasteiger charge is 2.33. The van der Waals surface area contributed by atoms with E-state index in [2.05, 4.69) is 15.9 Å². The van der Waals surface area contributed by atoms with Crippen molar-refractivity contribution in [3.8, 4) is 17.2 Å². The summed E-state index contributed by atoms with van der Waals surface area (Å²) in [4.78, 5) is 39.1. The average Bonchev–Trinajstić information content (AvgIpc) is 3.64. The van der Waals surface area contributed by atoms with Gasteiger partial charge in [0.25, 0.3) is 11.5 Å². The second-order valence-corrected chi connectivity index (χ2v) is 13.1. The van der Waals surface area contributed by atoms with Crippen molar-refractivity contribution in [3.05, 3.63) is 98.3 Å². The second kappa shape index (κ2) is 12.8. The van der Waals surface area contributed by atoms with Crippen molar-refractivity contribution < 1.29 is 19.0 Å². The Morgan fingerprint density at radius 3 is 2.52 bits per heavy atom. The van der Waals surface area contributed by atoms with Crippen molar-refractivity contribution in [2.45, 2.75) is 19.9 Å². The van der Waals surface area contributed by atoms with Crippen LogP contribution in [-0.2, 0) is 17.8 Å². The number of nitrogens with zero attached hydrogens (tertiary/aromatic N) is 5. The van der Waals surface area contributed by atoms with E-state index in [4.69, 9.17) is 31.4 Å². The van der Waals surface area contributed by atoms with Crippen molar-refractivity contribution >= 4 is 51.7 Å². The summed E-state index contributed by atoms with van der Waals surface area (Å²) in [6.07, 6.45) is 4.12. The molecule has 10 nitrogen and oxygen atoms in total. The Labute approximate surface area is 276 Å². The van der Waals surface area contributed by atoms with Gasteiger partial charge in [-0.3, -0.25) is 23.8 Å². The minimum Gasteiger partial charge on any atom is -0.497 e. The van der Waals surface area contributed by atoms with Crippen LogP contribution in [0.1, 0.15) is 22.3 Å². The summed E-state index contributed by atoms with van der Waals surface area (Å²) in [5.74, 6) is 2.73. The van der Waals surface area contributed by atoms with Gasteiger partial charge in [0.05, 0.1) is 17.6 Å². The van der Waals surface area contributed by atoms with Gasteiger partial charge in [-0.1, -0.05) is 48.2 Å². The summed E-state index contributed by atoms with van der Waals surface area (Å²) >= 11 is 6.85. The minimum atomic E-state index is -0.213. The van der Waals surface area contributed by atoms with Crippen LogP contribution in [0, 0.1) is 6.92 Å². The topological polar surface area (TPSA) is 88.8 Å². The number of hydrogen-bond donors (Lipinski definition) is 0. The fourth-order valence-electron chi connectivity index (χ4n) is 5.89. The second-order valence-electron chi connectivity index (χ2n) is 11.5. The number of piperazine rings is 1. The summed E-state index contributed by atoms with van der Waals surface area (Å²) < 4.78 is 18.3. The number of pyridine rings is 1. The zero-order chi connectivity index (χ0) is 31.8. The monoisotopic (exact) mass is 655 g/mol. The lowest BCUT2D eigenvalue weighted by Gasteiger charge is -2.36. The zero-order valence-electron chi connectivity index (χ0n) is 25.6. The highest BCUT2D eigenvalue weighted by atomic mass is 32.2. The molecule has 46 heavy (non-hydrogen) atoms. The molecule has 3 aliphatic heterocycles. The molecule has 0 spiro atoms. The smallest absolute Gasteiger partial charge is 0.267 e. The molecule has 2 aromatic carbocycles. The molecule has 1 amide bonds. The van der Waals surface area contributed by atoms with Crippen LogP contribution in [0.2, 0.25) is 0 Å². The predicted molar refractivity (Wildman–Crippen MR) is 183 cm³/mol. The number of amides is 1. The Hall–Kier alpha value is -4.39. The number of thioether (sulfide) groups is 1. The van der Waals surface area contributed by atoms with Crippen LogP contribution >= 0.6 is 24.0 Å². The third-order valence-corrected chi connectivity index (χ3v) is 9.81. The van der Waals surface area contributed by atoms with Gasteiger partial charge in [0.15, 0.2) is 11.5 Å². The van der Waals surface area contributed by atoms with E-state index < -0.39 is 0 Å². The Bertz CT molecular complexity index is 1920. The molecule has 2 aromatic heterocycles. The van der Waals surface area contributed by atoms with Crippen LogP contribution < -0.4 is 24.7 Å². The lowest BCUT2D eigenvalue weighted by molar-refractivity contribution is -0.122. The molecule has 0 aliphatic carbocycles. The van der Waals surface area contributed by atoms with Crippen LogP contribution in [0.3, 0.4) is 0 Å². The van der Waals surface area contributed by atoms with E-state index in [0.29, 0.717) is 52.3 Å². The Balaban J connectivity index is 1.12. The number of hydrogen-bond acceptors (Lipinski definition) is 10. The molecule has 2 saturated heterocycles. The van der Waals surface area contributed by atoms with E-state index in [1.54, 1.807) is 28.7 Å². The highest BCUT2D eigenvalue weighted by molar-refractivity contribution is 8.26. The molecule has 7 rings (SSSR count). The van der Waals surface area contributed by atoms with Gasteiger partial charge < -0.3 is 19.1 Å². The van der Waals surface area contributed by atoms with Crippen LogP contribution in [-0.4, -0.2) is 76.0 Å². The van der Waals surface area contributed by atoms with Crippen molar-refractivity contribution in [1.82, 2.24) is 19.2 Å². The molecule has 3 aliphatic rings. The number of carbonyl (C=O) groups excluding carboxylic acids is 1. The summed E-state index contributed by atoms with van der Waals surface area (Å²) in [7, 11) is 1.63. The molecular weight excluding hydrogens is 623 g/mol. The van der Waals surface area contributed by atoms with Crippen molar-refractivity contribution in [2.75, 3.05) is 51.5 Å². The number of methoxy groups -OCH3 is 1. The molecule has 0 bridgehead atoms. The van der Waals surface area contributed by atoms with E-state index in [-0.39, 0.29) is 18.3 Å². The SMILES string of the molecule is COc1ccc(CCN2C(=O)C(=Cc3c(N4CCN(Cc5ccc6c(c5)OCO6)CC4)nc4ccc(C)cn4c3=O)SC2=S)cc1. The first-order chi connectivity index (χ1) is 22.4. The first kappa shape index (κ1) is 30.3. The summed E-state index contributed by atoms with van der Waals surface area (Å²) in [6, 6.07) is 17.6. The summed E-state index contributed by atoms with van der Waals surface area (Å²) in [6.45, 7) is 6.36. The van der Waals surface area contributed by atoms with Crippen LogP contribution in [0.25, 0.3) is 11.7 Å². The molecule has 236 valence electrons. The molecule has 0 N–H and O–H groups in total. The highest BCUT2D eigenvalue weighted by Crippen LogP contribution is 2.35. The number of fused-ring (bicyclic) bond motifs is 2. The molecule has 0 unspecified atom stereocenters. The number of aryl methyl sites for hydroxylation is 1. The minimum absolute atomic E-state index is 0.197. The van der Waals surface area contributed by atoms with E-state index in [1.165, 1.54) is 11.8 Å². The number of anilines is 1. The summed E-state index contributed by atoms with van der Waals surface area (Å²) in [5, 5.41) is 0. The van der Waals surface area contributed by atoms with Gasteiger partial charge in [-0.2, -0.15) is 0 Å². The normalized spacial score (nSPS) is 17.5. The van der Waals surface area contributed by atoms with Gasteiger partial charge in [0.1, 0.15) is 21.5 Å². The molecule has 0 atom stereocenters. The van der Waals surface area contributed by atoms with Gasteiger partial charge in [-0.15, -0.1) is 0 Å². The lowest BCUT2D eigenvalue weighted by Crippen LogP contribution is -2.47. The average molecular weight is 656 g/mol. The predicted octanol–water partition coefficient (Wildman–Crippen LogP) is 4.51. The number of carbonyl (C=O) groups is 1. The first-order valence-corrected chi connectivity index (χ1v) is 16.4. The molecule has 4 aromatic rings. The van der Waals surface area contributed by atoms with Gasteiger partial charge in [0, 0.05) is 45.5 Å². The maximum absolute atomic E-state index is 14.0. The van der Waals surface area contributed by atoms with Gasteiger partial charge in [-0.25, -0.2) is 4.98 Å². The molecule has 0 saturated carbocycles. The Morgan fingerprint density at radius 1 is 0.978 bits per heavy atom. The van der Waals surface area contributed by atoms with Crippen molar-refractivity contribution in [3.63, 3.8) is 0 Å². The molecular formula is C34H33N5O5S2. The summed E-state index contributed by atoms with van der Waals surface area (Å²) in [5.41, 5.74) is 3.92. The van der Waals surface area contributed by atoms with Crippen LogP contribution in [0.4, 0.5) is 5.82 Å². The fraction of sp³-hybridized carbons (Fsp3) is 0.294.